The standard InChI is InChI=1S/C10H14N.CH5N/c1-2-9(8-11)10-6-4-3-5-7-10;1-2/h3-7,9H,1-2,8,11H2;2H2,1H3. The molecule has 0 aliphatic rings. The summed E-state index contributed by atoms with van der Waals surface area (Å²) < 4.78 is 0. The van der Waals surface area contributed by atoms with Crippen molar-refractivity contribution in [3.63, 3.8) is 0 Å². The molecule has 0 aliphatic carbocycles. The Bertz CT molecular complexity index is 193. The molecule has 0 saturated heterocycles. The highest BCUT2D eigenvalue weighted by Gasteiger charge is 2.04. The molecule has 1 atom stereocenters. The maximum Gasteiger partial charge on any atom is -0.000824 e. The normalized spacial score (nSPS) is 11.4. The van der Waals surface area contributed by atoms with Crippen LogP contribution in [0, 0.1) is 6.92 Å². The summed E-state index contributed by atoms with van der Waals surface area (Å²) in [4.78, 5) is 0. The second-order valence-corrected chi connectivity index (χ2v) is 2.63. The van der Waals surface area contributed by atoms with Crippen LogP contribution in [0.3, 0.4) is 0 Å². The smallest absolute Gasteiger partial charge is 0.000824 e. The molecular weight excluding hydrogens is 160 g/mol. The van der Waals surface area contributed by atoms with Crippen LogP contribution in [0.25, 0.3) is 0 Å². The largest absolute Gasteiger partial charge is 0.333 e. The number of hydrogen-bond acceptors (Lipinski definition) is 2. The lowest BCUT2D eigenvalue weighted by Crippen LogP contribution is -2.11. The predicted molar refractivity (Wildman–Crippen MR) is 58.3 cm³/mol. The van der Waals surface area contributed by atoms with E-state index in [2.05, 4.69) is 24.8 Å². The van der Waals surface area contributed by atoms with E-state index in [9.17, 15) is 0 Å². The van der Waals surface area contributed by atoms with E-state index in [-0.39, 0.29) is 0 Å². The van der Waals surface area contributed by atoms with E-state index in [4.69, 9.17) is 5.73 Å². The van der Waals surface area contributed by atoms with Crippen LogP contribution in [0.15, 0.2) is 30.3 Å². The molecule has 2 nitrogen and oxygen atoms in total. The van der Waals surface area contributed by atoms with Gasteiger partial charge in [-0.05, 0) is 31.5 Å². The fourth-order valence-corrected chi connectivity index (χ4v) is 1.15. The third kappa shape index (κ3) is 4.06. The molecule has 1 aromatic rings. The average Bonchev–Trinajstić information content (AvgIpc) is 2.24. The van der Waals surface area contributed by atoms with Gasteiger partial charge >= 0.3 is 0 Å². The Labute approximate surface area is 80.9 Å². The molecule has 73 valence electrons. The minimum absolute atomic E-state index is 0.427. The first kappa shape index (κ1) is 12.1. The van der Waals surface area contributed by atoms with Crippen LogP contribution in [0.1, 0.15) is 17.9 Å². The molecule has 0 bridgehead atoms. The van der Waals surface area contributed by atoms with Crippen LogP contribution in [0.2, 0.25) is 0 Å². The topological polar surface area (TPSA) is 52.0 Å². The summed E-state index contributed by atoms with van der Waals surface area (Å²) in [5.74, 6) is 0.427. The van der Waals surface area contributed by atoms with E-state index < -0.39 is 0 Å². The van der Waals surface area contributed by atoms with Gasteiger partial charge in [-0.2, -0.15) is 0 Å². The minimum Gasteiger partial charge on any atom is -0.333 e. The van der Waals surface area contributed by atoms with Gasteiger partial charge in [0.25, 0.3) is 0 Å². The van der Waals surface area contributed by atoms with Crippen LogP contribution in [0.5, 0.6) is 0 Å². The van der Waals surface area contributed by atoms with Gasteiger partial charge in [-0.15, -0.1) is 0 Å². The highest BCUT2D eigenvalue weighted by molar-refractivity contribution is 5.19. The summed E-state index contributed by atoms with van der Waals surface area (Å²) in [6.45, 7) is 4.54. The lowest BCUT2D eigenvalue weighted by molar-refractivity contribution is 0.708. The maximum absolute atomic E-state index is 5.58. The van der Waals surface area contributed by atoms with Crippen LogP contribution < -0.4 is 11.5 Å². The second-order valence-electron chi connectivity index (χ2n) is 2.63. The summed E-state index contributed by atoms with van der Waals surface area (Å²) in [6, 6.07) is 10.3. The maximum atomic E-state index is 5.58. The molecule has 0 fully saturated rings. The summed E-state index contributed by atoms with van der Waals surface area (Å²) >= 11 is 0. The Kier molecular flexibility index (Phi) is 7.26. The molecule has 0 spiro atoms. The van der Waals surface area contributed by atoms with Crippen molar-refractivity contribution in [1.29, 1.82) is 0 Å². The van der Waals surface area contributed by atoms with E-state index in [0.717, 1.165) is 6.42 Å². The molecule has 13 heavy (non-hydrogen) atoms. The lowest BCUT2D eigenvalue weighted by atomic mass is 9.97. The Morgan fingerprint density at radius 2 is 1.77 bits per heavy atom. The molecule has 1 rings (SSSR count). The molecule has 1 aromatic carbocycles. The van der Waals surface area contributed by atoms with Crippen molar-refractivity contribution < 1.29 is 0 Å². The van der Waals surface area contributed by atoms with Gasteiger partial charge in [0, 0.05) is 0 Å². The van der Waals surface area contributed by atoms with Crippen molar-refractivity contribution in [3.05, 3.63) is 42.8 Å². The van der Waals surface area contributed by atoms with E-state index in [1.807, 2.05) is 18.2 Å². The molecule has 0 heterocycles. The van der Waals surface area contributed by atoms with Gasteiger partial charge in [-0.3, -0.25) is 0 Å². The van der Waals surface area contributed by atoms with Gasteiger partial charge in [-0.1, -0.05) is 37.3 Å². The molecular formula is C11H19N2. The van der Waals surface area contributed by atoms with Crippen LogP contribution in [-0.2, 0) is 0 Å². The predicted octanol–water partition coefficient (Wildman–Crippen LogP) is 1.53. The van der Waals surface area contributed by atoms with Crippen LogP contribution in [0.4, 0.5) is 0 Å². The van der Waals surface area contributed by atoms with Crippen LogP contribution in [-0.4, -0.2) is 13.6 Å². The van der Waals surface area contributed by atoms with Crippen molar-refractivity contribution >= 4 is 0 Å². The lowest BCUT2D eigenvalue weighted by Gasteiger charge is -2.11. The molecule has 0 saturated carbocycles. The third-order valence-corrected chi connectivity index (χ3v) is 1.90. The van der Waals surface area contributed by atoms with Gasteiger partial charge in [0.1, 0.15) is 0 Å². The summed E-state index contributed by atoms with van der Waals surface area (Å²) in [5.41, 5.74) is 11.4. The minimum atomic E-state index is 0.427. The third-order valence-electron chi connectivity index (χ3n) is 1.90. The van der Waals surface area contributed by atoms with Crippen molar-refractivity contribution in [2.24, 2.45) is 11.5 Å². The first-order chi connectivity index (χ1) is 6.38. The van der Waals surface area contributed by atoms with Crippen molar-refractivity contribution in [2.75, 3.05) is 13.6 Å². The second kappa shape index (κ2) is 7.77. The van der Waals surface area contributed by atoms with Gasteiger partial charge in [0.2, 0.25) is 0 Å². The zero-order valence-electron chi connectivity index (χ0n) is 8.24. The molecule has 1 unspecified atom stereocenters. The van der Waals surface area contributed by atoms with E-state index in [0.29, 0.717) is 12.5 Å². The first-order valence-corrected chi connectivity index (χ1v) is 4.50. The molecule has 1 radical (unpaired) electrons. The number of hydrogen-bond donors (Lipinski definition) is 2. The van der Waals surface area contributed by atoms with Crippen molar-refractivity contribution in [1.82, 2.24) is 0 Å². The highest BCUT2D eigenvalue weighted by atomic mass is 14.5. The van der Waals surface area contributed by atoms with E-state index >= 15 is 0 Å². The van der Waals surface area contributed by atoms with Crippen molar-refractivity contribution in [2.45, 2.75) is 12.3 Å². The molecule has 2 heteroatoms. The number of nitrogens with two attached hydrogens (primary N) is 2. The first-order valence-electron chi connectivity index (χ1n) is 4.50. The quantitative estimate of drug-likeness (QED) is 0.739. The van der Waals surface area contributed by atoms with Gasteiger partial charge < -0.3 is 11.5 Å². The summed E-state index contributed by atoms with van der Waals surface area (Å²) in [6.07, 6.45) is 0.876. The summed E-state index contributed by atoms with van der Waals surface area (Å²) in [7, 11) is 1.50. The summed E-state index contributed by atoms with van der Waals surface area (Å²) in [5, 5.41) is 0. The van der Waals surface area contributed by atoms with Gasteiger partial charge in [0.15, 0.2) is 0 Å². The molecule has 0 aliphatic heterocycles. The van der Waals surface area contributed by atoms with Gasteiger partial charge in [0.05, 0.1) is 0 Å². The Hall–Kier alpha value is -0.860. The fourth-order valence-electron chi connectivity index (χ4n) is 1.15. The van der Waals surface area contributed by atoms with E-state index in [1.54, 1.807) is 0 Å². The number of benzene rings is 1. The average molecular weight is 179 g/mol. The van der Waals surface area contributed by atoms with Crippen molar-refractivity contribution in [3.8, 4) is 0 Å². The SMILES string of the molecule is CN.[CH2]CC(CN)c1ccccc1. The van der Waals surface area contributed by atoms with Crippen LogP contribution >= 0.6 is 0 Å². The van der Waals surface area contributed by atoms with E-state index in [1.165, 1.54) is 12.6 Å². The molecule has 0 amide bonds. The monoisotopic (exact) mass is 179 g/mol. The Balaban J connectivity index is 0.000000671. The Morgan fingerprint density at radius 1 is 1.23 bits per heavy atom. The Morgan fingerprint density at radius 3 is 2.15 bits per heavy atom. The fraction of sp³-hybridized carbons (Fsp3) is 0.364. The molecule has 4 N–H and O–H groups in total. The zero-order chi connectivity index (χ0) is 10.1. The number of rotatable bonds is 3. The zero-order valence-corrected chi connectivity index (χ0v) is 8.24. The van der Waals surface area contributed by atoms with Gasteiger partial charge in [-0.25, -0.2) is 0 Å². The highest BCUT2D eigenvalue weighted by Crippen LogP contribution is 2.16. The molecule has 0 aromatic heterocycles.